The molecule has 0 spiro atoms. The Balaban J connectivity index is 1.88. The summed E-state index contributed by atoms with van der Waals surface area (Å²) in [6.07, 6.45) is 3.30. The Labute approximate surface area is 144 Å². The molecule has 1 aliphatic heterocycles. The van der Waals surface area contributed by atoms with E-state index < -0.39 is 10.0 Å². The molecule has 1 aromatic carbocycles. The number of benzene rings is 1. The topological polar surface area (TPSA) is 58.6 Å². The van der Waals surface area contributed by atoms with Gasteiger partial charge < -0.3 is 9.64 Å². The number of rotatable bonds is 7. The molecule has 0 amide bonds. The summed E-state index contributed by atoms with van der Waals surface area (Å²) >= 11 is 5.90. The maximum atomic E-state index is 12.4. The molecule has 1 heterocycles. The minimum atomic E-state index is -3.62. The van der Waals surface area contributed by atoms with Crippen LogP contribution < -0.4 is 9.46 Å². The number of likely N-dealkylation sites (tertiary alicyclic amines) is 1. The largest absolute Gasteiger partial charge is 0.495 e. The Hall–Kier alpha value is -0.820. The number of piperidine rings is 1. The summed E-state index contributed by atoms with van der Waals surface area (Å²) in [4.78, 5) is 2.49. The second-order valence-electron chi connectivity index (χ2n) is 6.09. The van der Waals surface area contributed by atoms with Gasteiger partial charge in [0.1, 0.15) is 10.6 Å². The summed E-state index contributed by atoms with van der Waals surface area (Å²) in [7, 11) is -2.17. The van der Waals surface area contributed by atoms with Crippen molar-refractivity contribution in [2.45, 2.75) is 31.1 Å². The Morgan fingerprint density at radius 2 is 2.22 bits per heavy atom. The van der Waals surface area contributed by atoms with Gasteiger partial charge in [-0.15, -0.1) is 0 Å². The van der Waals surface area contributed by atoms with E-state index in [0.717, 1.165) is 32.0 Å². The monoisotopic (exact) mass is 360 g/mol. The van der Waals surface area contributed by atoms with E-state index in [-0.39, 0.29) is 4.90 Å². The lowest BCUT2D eigenvalue weighted by Crippen LogP contribution is -2.36. The molecule has 1 fully saturated rings. The Bertz CT molecular complexity index is 622. The van der Waals surface area contributed by atoms with E-state index in [1.54, 1.807) is 12.1 Å². The number of nitrogens with one attached hydrogen (secondary N) is 1. The van der Waals surface area contributed by atoms with Gasteiger partial charge in [0.05, 0.1) is 7.11 Å². The quantitative estimate of drug-likeness (QED) is 0.759. The number of sulfonamides is 1. The molecule has 0 aliphatic carbocycles. The first-order valence-electron chi connectivity index (χ1n) is 7.98. The molecule has 130 valence electrons. The third-order valence-electron chi connectivity index (χ3n) is 4.10. The fraction of sp³-hybridized carbons (Fsp3) is 0.625. The number of hydrogen-bond acceptors (Lipinski definition) is 4. The van der Waals surface area contributed by atoms with Crippen molar-refractivity contribution >= 4 is 21.6 Å². The zero-order valence-electron chi connectivity index (χ0n) is 13.7. The summed E-state index contributed by atoms with van der Waals surface area (Å²) in [5.41, 5.74) is 0. The molecule has 1 N–H and O–H groups in total. The number of nitrogens with zero attached hydrogens (tertiary/aromatic N) is 1. The van der Waals surface area contributed by atoms with Crippen molar-refractivity contribution in [3.05, 3.63) is 23.2 Å². The van der Waals surface area contributed by atoms with Crippen molar-refractivity contribution in [3.63, 3.8) is 0 Å². The fourth-order valence-electron chi connectivity index (χ4n) is 2.94. The van der Waals surface area contributed by atoms with Crippen LogP contribution in [0, 0.1) is 5.92 Å². The molecule has 1 aromatic rings. The predicted octanol–water partition coefficient (Wildman–Crippen LogP) is 2.75. The molecule has 2 rings (SSSR count). The van der Waals surface area contributed by atoms with E-state index in [4.69, 9.17) is 16.3 Å². The van der Waals surface area contributed by atoms with Gasteiger partial charge in [0, 0.05) is 18.1 Å². The predicted molar refractivity (Wildman–Crippen MR) is 92.6 cm³/mol. The molecule has 1 saturated heterocycles. The zero-order chi connectivity index (χ0) is 16.9. The standard InChI is InChI=1S/C16H25ClN2O3S/c1-13-5-3-9-19(12-13)10-4-8-18-23(20,21)16-11-14(17)6-7-15(16)22-2/h6-7,11,13,18H,3-5,8-10,12H2,1-2H3/t13-/m1/s1. The minimum Gasteiger partial charge on any atom is -0.495 e. The molecular weight excluding hydrogens is 336 g/mol. The van der Waals surface area contributed by atoms with Crippen LogP contribution in [0.4, 0.5) is 0 Å². The summed E-state index contributed by atoms with van der Waals surface area (Å²) in [5.74, 6) is 1.03. The van der Waals surface area contributed by atoms with Crippen molar-refractivity contribution < 1.29 is 13.2 Å². The molecule has 23 heavy (non-hydrogen) atoms. The maximum Gasteiger partial charge on any atom is 0.244 e. The molecule has 7 heteroatoms. The van der Waals surface area contributed by atoms with Gasteiger partial charge in [-0.1, -0.05) is 18.5 Å². The Morgan fingerprint density at radius 3 is 2.91 bits per heavy atom. The van der Waals surface area contributed by atoms with Gasteiger partial charge in [-0.3, -0.25) is 0 Å². The van der Waals surface area contributed by atoms with Crippen molar-refractivity contribution in [2.75, 3.05) is 33.3 Å². The summed E-state index contributed by atoms with van der Waals surface area (Å²) in [5, 5.41) is 0.369. The van der Waals surface area contributed by atoms with Crippen LogP contribution in [0.5, 0.6) is 5.75 Å². The van der Waals surface area contributed by atoms with Gasteiger partial charge in [-0.25, -0.2) is 13.1 Å². The van der Waals surface area contributed by atoms with Gasteiger partial charge in [-0.05, 0) is 56.5 Å². The molecule has 0 saturated carbocycles. The number of methoxy groups -OCH3 is 1. The summed E-state index contributed by atoms with van der Waals surface area (Å²) < 4.78 is 32.6. The summed E-state index contributed by atoms with van der Waals surface area (Å²) in [6.45, 7) is 5.80. The maximum absolute atomic E-state index is 12.4. The zero-order valence-corrected chi connectivity index (χ0v) is 15.3. The van der Waals surface area contributed by atoms with Crippen LogP contribution in [0.2, 0.25) is 5.02 Å². The first-order chi connectivity index (χ1) is 10.9. The fourth-order valence-corrected chi connectivity index (χ4v) is 4.44. The van der Waals surface area contributed by atoms with Gasteiger partial charge >= 0.3 is 0 Å². The highest BCUT2D eigenvalue weighted by Crippen LogP contribution is 2.26. The van der Waals surface area contributed by atoms with Crippen LogP contribution in [0.1, 0.15) is 26.2 Å². The van der Waals surface area contributed by atoms with E-state index in [0.29, 0.717) is 17.3 Å². The second-order valence-corrected chi connectivity index (χ2v) is 8.27. The lowest BCUT2D eigenvalue weighted by atomic mass is 10.0. The highest BCUT2D eigenvalue weighted by molar-refractivity contribution is 7.89. The molecule has 1 aliphatic rings. The third-order valence-corrected chi connectivity index (χ3v) is 5.82. The van der Waals surface area contributed by atoms with Crippen molar-refractivity contribution in [1.82, 2.24) is 9.62 Å². The summed E-state index contributed by atoms with van der Waals surface area (Å²) in [6, 6.07) is 4.58. The Kier molecular flexibility index (Phi) is 6.71. The van der Waals surface area contributed by atoms with Gasteiger partial charge in [0.25, 0.3) is 0 Å². The van der Waals surface area contributed by atoms with Crippen LogP contribution >= 0.6 is 11.6 Å². The average Bonchev–Trinajstić information content (AvgIpc) is 2.52. The molecule has 0 unspecified atom stereocenters. The molecular formula is C16H25ClN2O3S. The normalized spacial score (nSPS) is 19.7. The molecule has 5 nitrogen and oxygen atoms in total. The van der Waals surface area contributed by atoms with E-state index in [2.05, 4.69) is 16.5 Å². The smallest absolute Gasteiger partial charge is 0.244 e. The van der Waals surface area contributed by atoms with Gasteiger partial charge in [0.2, 0.25) is 10.0 Å². The average molecular weight is 361 g/mol. The third kappa shape index (κ3) is 5.35. The van der Waals surface area contributed by atoms with E-state index in [9.17, 15) is 8.42 Å². The van der Waals surface area contributed by atoms with E-state index in [1.807, 2.05) is 0 Å². The first-order valence-corrected chi connectivity index (χ1v) is 9.84. The minimum absolute atomic E-state index is 0.0825. The first kappa shape index (κ1) is 18.5. The van der Waals surface area contributed by atoms with Crippen LogP contribution in [0.15, 0.2) is 23.1 Å². The van der Waals surface area contributed by atoms with Crippen molar-refractivity contribution in [3.8, 4) is 5.75 Å². The van der Waals surface area contributed by atoms with Gasteiger partial charge in [0.15, 0.2) is 0 Å². The molecule has 0 bridgehead atoms. The highest BCUT2D eigenvalue weighted by Gasteiger charge is 2.20. The van der Waals surface area contributed by atoms with Crippen LogP contribution in [-0.2, 0) is 10.0 Å². The van der Waals surface area contributed by atoms with Crippen LogP contribution in [0.25, 0.3) is 0 Å². The number of hydrogen-bond donors (Lipinski definition) is 1. The van der Waals surface area contributed by atoms with Crippen molar-refractivity contribution in [1.29, 1.82) is 0 Å². The lowest BCUT2D eigenvalue weighted by Gasteiger charge is -2.30. The Morgan fingerprint density at radius 1 is 1.43 bits per heavy atom. The van der Waals surface area contributed by atoms with Crippen LogP contribution in [-0.4, -0.2) is 46.6 Å². The molecule has 1 atom stereocenters. The second kappa shape index (κ2) is 8.33. The molecule has 0 aromatic heterocycles. The highest BCUT2D eigenvalue weighted by atomic mass is 35.5. The van der Waals surface area contributed by atoms with Crippen molar-refractivity contribution in [2.24, 2.45) is 5.92 Å². The number of halogens is 1. The SMILES string of the molecule is COc1ccc(Cl)cc1S(=O)(=O)NCCCN1CCC[C@@H](C)C1. The van der Waals surface area contributed by atoms with Gasteiger partial charge in [-0.2, -0.15) is 0 Å². The van der Waals surface area contributed by atoms with E-state index >= 15 is 0 Å². The lowest BCUT2D eigenvalue weighted by molar-refractivity contribution is 0.182. The van der Waals surface area contributed by atoms with Crippen LogP contribution in [0.3, 0.4) is 0 Å². The molecule has 0 radical (unpaired) electrons. The number of ether oxygens (including phenoxy) is 1. The van der Waals surface area contributed by atoms with E-state index in [1.165, 1.54) is 26.0 Å².